The van der Waals surface area contributed by atoms with Gasteiger partial charge in [-0.1, -0.05) is 5.92 Å². The topological polar surface area (TPSA) is 170 Å². The molecule has 1 aliphatic rings. The largest absolute Gasteiger partial charge is 0.391 e. The maximum atomic E-state index is 10.4. The highest BCUT2D eigenvalue weighted by atomic mass is 16.6. The number of nitrogens with zero attached hydrogens (tertiary/aromatic N) is 6. The Hall–Kier alpha value is -2.90. The van der Waals surface area contributed by atoms with Gasteiger partial charge in [0.25, 0.3) is 5.72 Å². The highest BCUT2D eigenvalue weighted by Gasteiger charge is 2.59. The number of terminal acetylenes is 1. The van der Waals surface area contributed by atoms with Crippen LogP contribution in [0.1, 0.15) is 6.23 Å². The van der Waals surface area contributed by atoms with E-state index in [0.717, 1.165) is 0 Å². The Morgan fingerprint density at radius 2 is 2.35 bits per heavy atom. The molecule has 1 saturated heterocycles. The Balaban J connectivity index is 2.13. The molecule has 3 heterocycles. The lowest BCUT2D eigenvalue weighted by Gasteiger charge is -2.18. The lowest BCUT2D eigenvalue weighted by Crippen LogP contribution is -2.43. The van der Waals surface area contributed by atoms with E-state index in [4.69, 9.17) is 22.4 Å². The first-order chi connectivity index (χ1) is 11.1. The minimum atomic E-state index is -1.82. The van der Waals surface area contributed by atoms with Gasteiger partial charge >= 0.3 is 0 Å². The zero-order chi connectivity index (χ0) is 16.6. The molecule has 3 rings (SSSR count). The zero-order valence-corrected chi connectivity index (χ0v) is 11.7. The van der Waals surface area contributed by atoms with Crippen molar-refractivity contribution in [3.05, 3.63) is 12.7 Å². The van der Waals surface area contributed by atoms with E-state index in [1.54, 1.807) is 0 Å². The molecule has 11 heteroatoms. The molecule has 0 aromatic carbocycles. The van der Waals surface area contributed by atoms with Crippen molar-refractivity contribution in [2.24, 2.45) is 11.0 Å². The number of aliphatic hydroxyl groups excluding tert-OH is 2. The smallest absolute Gasteiger partial charge is 0.294 e. The monoisotopic (exact) mass is 317 g/mol. The third-order valence-electron chi connectivity index (χ3n) is 3.73. The summed E-state index contributed by atoms with van der Waals surface area (Å²) >= 11 is 0. The van der Waals surface area contributed by atoms with Gasteiger partial charge in [-0.05, 0) is 0 Å². The number of nitrogens with two attached hydrogens (primary N) is 1. The van der Waals surface area contributed by atoms with Crippen LogP contribution in [0, 0.1) is 23.8 Å². The molecule has 11 nitrogen and oxygen atoms in total. The van der Waals surface area contributed by atoms with E-state index in [1.165, 1.54) is 17.2 Å². The van der Waals surface area contributed by atoms with E-state index >= 15 is 0 Å². The van der Waals surface area contributed by atoms with E-state index in [1.807, 2.05) is 0 Å². The number of nitrogen functional groups attached to an aromatic ring is 1. The number of fused-ring (bicyclic) bond motifs is 1. The fraction of sp³-hybridized carbons (Fsp3) is 0.417. The Kier molecular flexibility index (Phi) is 3.51. The van der Waals surface area contributed by atoms with Crippen molar-refractivity contribution in [1.29, 1.82) is 5.53 Å². The van der Waals surface area contributed by atoms with Crippen molar-refractivity contribution in [3.8, 4) is 12.3 Å². The van der Waals surface area contributed by atoms with E-state index in [2.05, 4.69) is 30.9 Å². The molecule has 1 aliphatic heterocycles. The van der Waals surface area contributed by atoms with Crippen LogP contribution in [0.3, 0.4) is 0 Å². The first kappa shape index (κ1) is 15.0. The summed E-state index contributed by atoms with van der Waals surface area (Å²) in [5.74, 6) is 1.72. The Morgan fingerprint density at radius 3 is 3.00 bits per heavy atom. The van der Waals surface area contributed by atoms with Crippen molar-refractivity contribution < 1.29 is 14.9 Å². The predicted molar refractivity (Wildman–Crippen MR) is 75.3 cm³/mol. The van der Waals surface area contributed by atoms with Crippen LogP contribution in [0.15, 0.2) is 17.8 Å². The van der Waals surface area contributed by atoms with Crippen LogP contribution in [-0.2, 0) is 4.74 Å². The van der Waals surface area contributed by atoms with E-state index in [9.17, 15) is 10.2 Å². The zero-order valence-electron chi connectivity index (χ0n) is 11.7. The van der Waals surface area contributed by atoms with Gasteiger partial charge in [-0.2, -0.15) is 0 Å². The van der Waals surface area contributed by atoms with Gasteiger partial charge in [0.05, 0.1) is 12.2 Å². The number of aromatic nitrogens is 4. The fourth-order valence-electron chi connectivity index (χ4n) is 2.58. The van der Waals surface area contributed by atoms with Crippen molar-refractivity contribution in [2.75, 3.05) is 12.3 Å². The summed E-state index contributed by atoms with van der Waals surface area (Å²) in [6.07, 6.45) is 5.84. The highest BCUT2D eigenvalue weighted by Crippen LogP contribution is 2.42. The molecule has 2 aromatic rings. The second-order valence-electron chi connectivity index (χ2n) is 4.93. The molecule has 0 amide bonds. The van der Waals surface area contributed by atoms with Gasteiger partial charge in [0, 0.05) is 0 Å². The molecule has 4 atom stereocenters. The van der Waals surface area contributed by atoms with Crippen molar-refractivity contribution in [3.63, 3.8) is 0 Å². The summed E-state index contributed by atoms with van der Waals surface area (Å²) in [7, 11) is 0. The average molecular weight is 317 g/mol. The van der Waals surface area contributed by atoms with Gasteiger partial charge in [-0.25, -0.2) is 15.0 Å². The molecular formula is C12H13N8O3+. The van der Waals surface area contributed by atoms with Crippen LogP contribution in [0.4, 0.5) is 5.82 Å². The Bertz CT molecular complexity index is 838. The van der Waals surface area contributed by atoms with E-state index in [-0.39, 0.29) is 5.82 Å². The van der Waals surface area contributed by atoms with Crippen LogP contribution < -0.4 is 10.6 Å². The Labute approximate surface area is 129 Å². The normalized spacial score (nSPS) is 30.0. The van der Waals surface area contributed by atoms with Crippen LogP contribution in [0.5, 0.6) is 0 Å². The lowest BCUT2D eigenvalue weighted by atomic mass is 9.97. The first-order valence-electron chi connectivity index (χ1n) is 6.52. The van der Waals surface area contributed by atoms with Gasteiger partial charge in [0.1, 0.15) is 30.1 Å². The van der Waals surface area contributed by atoms with Gasteiger partial charge in [-0.3, -0.25) is 4.57 Å². The standard InChI is InChI=1S/C12H13N8O3/c1-2-6-8(22)12(3-21,18-19-14)23-11(6)20-5-17-7-9(13)15-4-16-10(7)20/h1,4-6,8,11,14,21-22H,3H2,(H2,13,15,16)/q+1/t6-,8-,11+,12+/m0/s1. The molecule has 0 saturated carbocycles. The summed E-state index contributed by atoms with van der Waals surface area (Å²) in [6, 6.07) is 0. The number of nitrogens with one attached hydrogen (secondary N) is 1. The Morgan fingerprint density at radius 1 is 1.57 bits per heavy atom. The molecule has 1 fully saturated rings. The van der Waals surface area contributed by atoms with E-state index in [0.29, 0.717) is 11.2 Å². The quantitative estimate of drug-likeness (QED) is 0.312. The average Bonchev–Trinajstić information content (AvgIpc) is 3.09. The molecular weight excluding hydrogens is 304 g/mol. The van der Waals surface area contributed by atoms with E-state index < -0.39 is 30.6 Å². The third kappa shape index (κ3) is 2.06. The summed E-state index contributed by atoms with van der Waals surface area (Å²) in [5.41, 5.74) is 11.5. The summed E-state index contributed by atoms with van der Waals surface area (Å²) in [5, 5.41) is 23.4. The number of imidazole rings is 1. The molecule has 2 aromatic heterocycles. The van der Waals surface area contributed by atoms with Gasteiger partial charge in [0.2, 0.25) is 4.91 Å². The third-order valence-corrected chi connectivity index (χ3v) is 3.73. The molecule has 23 heavy (non-hydrogen) atoms. The molecule has 0 radical (unpaired) electrons. The number of rotatable bonds is 3. The van der Waals surface area contributed by atoms with Crippen molar-refractivity contribution in [1.82, 2.24) is 24.4 Å². The van der Waals surface area contributed by atoms with Crippen molar-refractivity contribution >= 4 is 17.0 Å². The van der Waals surface area contributed by atoms with Gasteiger partial charge in [-0.15, -0.1) is 6.42 Å². The molecule has 118 valence electrons. The van der Waals surface area contributed by atoms with Crippen LogP contribution in [-0.4, -0.2) is 48.2 Å². The van der Waals surface area contributed by atoms with Crippen molar-refractivity contribution in [2.45, 2.75) is 18.1 Å². The maximum Gasteiger partial charge on any atom is 0.294 e. The summed E-state index contributed by atoms with van der Waals surface area (Å²) in [6.45, 7) is -0.699. The second kappa shape index (κ2) is 5.38. The minimum Gasteiger partial charge on any atom is -0.391 e. The maximum absolute atomic E-state index is 10.4. The number of aliphatic hydroxyl groups is 2. The summed E-state index contributed by atoms with van der Waals surface area (Å²) in [4.78, 5) is 14.9. The fourth-order valence-corrected chi connectivity index (χ4v) is 2.58. The van der Waals surface area contributed by atoms with Crippen LogP contribution >= 0.6 is 0 Å². The first-order valence-corrected chi connectivity index (χ1v) is 6.52. The molecule has 0 spiro atoms. The molecule has 0 unspecified atom stereocenters. The van der Waals surface area contributed by atoms with Crippen LogP contribution in [0.25, 0.3) is 11.2 Å². The number of ether oxygens (including phenoxy) is 1. The molecule has 0 bridgehead atoms. The SMILES string of the molecule is C#C[C@@H]1[C@H](n2cnc3c(N)ncnc32)O[C@@](CO)(N=[N+]=N)[C@H]1O. The highest BCUT2D eigenvalue weighted by molar-refractivity contribution is 5.81. The number of hydrogen-bond donors (Lipinski definition) is 4. The minimum absolute atomic E-state index is 0.184. The number of anilines is 1. The predicted octanol–water partition coefficient (Wildman–Crippen LogP) is -1.21. The lowest BCUT2D eigenvalue weighted by molar-refractivity contribution is -0.126. The van der Waals surface area contributed by atoms with Gasteiger partial charge in [0.15, 0.2) is 22.8 Å². The number of hydrogen-bond acceptors (Lipinski definition) is 9. The summed E-state index contributed by atoms with van der Waals surface area (Å²) < 4.78 is 7.12. The molecule has 0 aliphatic carbocycles. The van der Waals surface area contributed by atoms with Gasteiger partial charge < -0.3 is 20.7 Å². The molecule has 5 N–H and O–H groups in total. The van der Waals surface area contributed by atoms with Crippen LogP contribution in [0.2, 0.25) is 0 Å². The second-order valence-corrected chi connectivity index (χ2v) is 4.93.